The van der Waals surface area contributed by atoms with E-state index in [1.165, 1.54) is 0 Å². The molecule has 5 nitrogen and oxygen atoms in total. The average Bonchev–Trinajstić information content (AvgIpc) is 3.24. The summed E-state index contributed by atoms with van der Waals surface area (Å²) in [6.07, 6.45) is 6.04. The number of rotatable bonds is 3. The molecule has 30 heavy (non-hydrogen) atoms. The van der Waals surface area contributed by atoms with Crippen molar-refractivity contribution < 1.29 is 4.79 Å². The summed E-state index contributed by atoms with van der Waals surface area (Å²) < 4.78 is 2.00. The van der Waals surface area contributed by atoms with E-state index < -0.39 is 0 Å². The Balaban J connectivity index is 1.54. The van der Waals surface area contributed by atoms with Gasteiger partial charge in [0.2, 0.25) is 5.91 Å². The quantitative estimate of drug-likeness (QED) is 0.514. The van der Waals surface area contributed by atoms with Crippen LogP contribution in [0.15, 0.2) is 90.3 Å². The van der Waals surface area contributed by atoms with Crippen molar-refractivity contribution in [3.8, 4) is 16.8 Å². The van der Waals surface area contributed by atoms with E-state index in [-0.39, 0.29) is 12.3 Å². The fraction of sp³-hybridized carbons (Fsp3) is 0.0800. The van der Waals surface area contributed by atoms with Crippen molar-refractivity contribution in [1.29, 1.82) is 0 Å². The third-order valence-corrected chi connectivity index (χ3v) is 5.18. The molecule has 0 spiro atoms. The van der Waals surface area contributed by atoms with Gasteiger partial charge in [0, 0.05) is 35.5 Å². The molecule has 146 valence electrons. The number of benzene rings is 2. The second kappa shape index (κ2) is 7.44. The summed E-state index contributed by atoms with van der Waals surface area (Å²) in [5, 5.41) is 3.00. The lowest BCUT2D eigenvalue weighted by molar-refractivity contribution is -0.115. The Morgan fingerprint density at radius 1 is 0.900 bits per heavy atom. The molecule has 5 rings (SSSR count). The average molecular weight is 392 g/mol. The van der Waals surface area contributed by atoms with Gasteiger partial charge in [0.25, 0.3) is 0 Å². The zero-order valence-corrected chi connectivity index (χ0v) is 16.5. The number of aryl methyl sites for hydroxylation is 1. The van der Waals surface area contributed by atoms with Gasteiger partial charge in [-0.2, -0.15) is 0 Å². The van der Waals surface area contributed by atoms with Crippen molar-refractivity contribution in [2.24, 2.45) is 4.99 Å². The Morgan fingerprint density at radius 3 is 2.53 bits per heavy atom. The van der Waals surface area contributed by atoms with Gasteiger partial charge in [0.05, 0.1) is 23.5 Å². The highest BCUT2D eigenvalue weighted by atomic mass is 16.1. The van der Waals surface area contributed by atoms with E-state index in [1.807, 2.05) is 84.7 Å². The Hall–Kier alpha value is -3.99. The van der Waals surface area contributed by atoms with Crippen LogP contribution in [0.1, 0.15) is 17.7 Å². The third-order valence-electron chi connectivity index (χ3n) is 5.18. The van der Waals surface area contributed by atoms with Gasteiger partial charge >= 0.3 is 0 Å². The molecule has 5 heteroatoms. The molecule has 1 aliphatic heterocycles. The predicted octanol–water partition coefficient (Wildman–Crippen LogP) is 5.31. The fourth-order valence-electron chi connectivity index (χ4n) is 3.60. The molecule has 0 saturated heterocycles. The monoisotopic (exact) mass is 392 g/mol. The largest absolute Gasteiger partial charge is 0.324 e. The lowest BCUT2D eigenvalue weighted by atomic mass is 10.0. The van der Waals surface area contributed by atoms with Crippen LogP contribution < -0.4 is 5.32 Å². The van der Waals surface area contributed by atoms with Crippen LogP contribution in [0.3, 0.4) is 0 Å². The van der Waals surface area contributed by atoms with Crippen molar-refractivity contribution in [3.63, 3.8) is 0 Å². The Bertz CT molecular complexity index is 1250. The Morgan fingerprint density at radius 2 is 1.73 bits per heavy atom. The van der Waals surface area contributed by atoms with Gasteiger partial charge in [-0.1, -0.05) is 24.3 Å². The predicted molar refractivity (Wildman–Crippen MR) is 120 cm³/mol. The summed E-state index contributed by atoms with van der Waals surface area (Å²) in [7, 11) is 0. The first kappa shape index (κ1) is 18.1. The number of carbonyl (C=O) groups is 1. The van der Waals surface area contributed by atoms with Crippen LogP contribution in [-0.4, -0.2) is 21.2 Å². The minimum Gasteiger partial charge on any atom is -0.324 e. The van der Waals surface area contributed by atoms with E-state index in [2.05, 4.69) is 22.4 Å². The molecule has 0 bridgehead atoms. The number of fused-ring (bicyclic) bond motifs is 1. The highest BCUT2D eigenvalue weighted by Crippen LogP contribution is 2.32. The van der Waals surface area contributed by atoms with Gasteiger partial charge in [0.15, 0.2) is 0 Å². The second-order valence-corrected chi connectivity index (χ2v) is 7.34. The summed E-state index contributed by atoms with van der Waals surface area (Å²) in [5.74, 6) is -0.0699. The maximum absolute atomic E-state index is 12.6. The van der Waals surface area contributed by atoms with Gasteiger partial charge in [-0.3, -0.25) is 14.8 Å². The SMILES string of the molecule is Cc1ccc(-c2cccc(C3=Nc4ccc(-n5cccc5)cc4NC(=O)C3)c2)cn1. The first-order valence-corrected chi connectivity index (χ1v) is 9.84. The minimum atomic E-state index is -0.0699. The Labute approximate surface area is 174 Å². The standard InChI is InChI=1S/C25H20N4O/c1-17-7-8-20(16-26-17)18-5-4-6-19(13-18)23-15-25(30)28-24-14-21(9-10-22(24)27-23)29-11-2-3-12-29/h2-14,16H,15H2,1H3,(H,28,30). The highest BCUT2D eigenvalue weighted by Gasteiger charge is 2.18. The third kappa shape index (κ3) is 3.53. The number of hydrogen-bond acceptors (Lipinski definition) is 3. The van der Waals surface area contributed by atoms with E-state index in [0.717, 1.165) is 45.2 Å². The second-order valence-electron chi connectivity index (χ2n) is 7.34. The first-order chi connectivity index (χ1) is 14.7. The van der Waals surface area contributed by atoms with E-state index in [9.17, 15) is 4.79 Å². The molecule has 0 saturated carbocycles. The smallest absolute Gasteiger partial charge is 0.230 e. The van der Waals surface area contributed by atoms with Gasteiger partial charge in [-0.15, -0.1) is 0 Å². The van der Waals surface area contributed by atoms with Crippen LogP contribution in [0.5, 0.6) is 0 Å². The molecule has 4 aromatic rings. The van der Waals surface area contributed by atoms with Crippen molar-refractivity contribution in [1.82, 2.24) is 9.55 Å². The van der Waals surface area contributed by atoms with Crippen LogP contribution in [-0.2, 0) is 4.79 Å². The minimum absolute atomic E-state index is 0.0699. The molecule has 0 atom stereocenters. The number of hydrogen-bond donors (Lipinski definition) is 1. The first-order valence-electron chi connectivity index (χ1n) is 9.84. The molecule has 3 heterocycles. The maximum atomic E-state index is 12.6. The molecule has 1 N–H and O–H groups in total. The number of aromatic nitrogens is 2. The molecule has 1 amide bonds. The summed E-state index contributed by atoms with van der Waals surface area (Å²) in [6.45, 7) is 1.97. The summed E-state index contributed by atoms with van der Waals surface area (Å²) in [4.78, 5) is 21.8. The van der Waals surface area contributed by atoms with E-state index in [0.29, 0.717) is 0 Å². The van der Waals surface area contributed by atoms with Crippen molar-refractivity contribution in [2.45, 2.75) is 13.3 Å². The molecule has 0 unspecified atom stereocenters. The molecule has 0 fully saturated rings. The van der Waals surface area contributed by atoms with Gasteiger partial charge in [0.1, 0.15) is 0 Å². The van der Waals surface area contributed by atoms with Crippen LogP contribution >= 0.6 is 0 Å². The van der Waals surface area contributed by atoms with Gasteiger partial charge in [-0.05, 0) is 60.5 Å². The lowest BCUT2D eigenvalue weighted by Gasteiger charge is -2.08. The van der Waals surface area contributed by atoms with Gasteiger partial charge in [-0.25, -0.2) is 0 Å². The molecule has 1 aliphatic rings. The van der Waals surface area contributed by atoms with E-state index in [4.69, 9.17) is 4.99 Å². The summed E-state index contributed by atoms with van der Waals surface area (Å²) in [5.41, 5.74) is 7.22. The van der Waals surface area contributed by atoms with Gasteiger partial charge < -0.3 is 9.88 Å². The number of nitrogens with zero attached hydrogens (tertiary/aromatic N) is 3. The summed E-state index contributed by atoms with van der Waals surface area (Å²) >= 11 is 0. The number of carbonyl (C=O) groups excluding carboxylic acids is 1. The maximum Gasteiger partial charge on any atom is 0.230 e. The number of aliphatic imine (C=N–C) groups is 1. The number of amides is 1. The molecular weight excluding hydrogens is 372 g/mol. The molecule has 0 radical (unpaired) electrons. The molecule has 2 aromatic carbocycles. The Kier molecular flexibility index (Phi) is 4.48. The molecular formula is C25H20N4O. The van der Waals surface area contributed by atoms with E-state index >= 15 is 0 Å². The fourth-order valence-corrected chi connectivity index (χ4v) is 3.60. The number of nitrogens with one attached hydrogen (secondary N) is 1. The van der Waals surface area contributed by atoms with Crippen molar-refractivity contribution >= 4 is 23.0 Å². The lowest BCUT2D eigenvalue weighted by Crippen LogP contribution is -2.15. The van der Waals surface area contributed by atoms with Crippen LogP contribution in [0, 0.1) is 6.92 Å². The zero-order chi connectivity index (χ0) is 20.5. The van der Waals surface area contributed by atoms with E-state index in [1.54, 1.807) is 0 Å². The van der Waals surface area contributed by atoms with Crippen LogP contribution in [0.2, 0.25) is 0 Å². The normalized spacial score (nSPS) is 13.2. The zero-order valence-electron chi connectivity index (χ0n) is 16.5. The molecule has 2 aromatic heterocycles. The highest BCUT2D eigenvalue weighted by molar-refractivity contribution is 6.17. The number of anilines is 1. The van der Waals surface area contributed by atoms with Crippen molar-refractivity contribution in [2.75, 3.05) is 5.32 Å². The molecule has 0 aliphatic carbocycles. The van der Waals surface area contributed by atoms with Crippen LogP contribution in [0.25, 0.3) is 16.8 Å². The summed E-state index contributed by atoms with van der Waals surface area (Å²) in [6, 6.07) is 22.0. The van der Waals surface area contributed by atoms with Crippen molar-refractivity contribution in [3.05, 3.63) is 96.6 Å². The topological polar surface area (TPSA) is 59.3 Å². The number of pyridine rings is 1. The van der Waals surface area contributed by atoms with Crippen LogP contribution in [0.4, 0.5) is 11.4 Å².